The minimum Gasteiger partial charge on any atom is -0.354 e. The van der Waals surface area contributed by atoms with Crippen LogP contribution in [0.1, 0.15) is 32.9 Å². The van der Waals surface area contributed by atoms with Crippen molar-refractivity contribution in [3.8, 4) is 0 Å². The fourth-order valence-corrected chi connectivity index (χ4v) is 3.37. The number of hydrogen-bond donors (Lipinski definition) is 3. The normalized spacial score (nSPS) is 17.5. The lowest BCUT2D eigenvalue weighted by Gasteiger charge is -2.46. The lowest BCUT2D eigenvalue weighted by molar-refractivity contribution is -0.428. The smallest absolute Gasteiger partial charge is 0.354 e. The zero-order valence-corrected chi connectivity index (χ0v) is 16.6. The number of aliphatic hydroxyl groups is 2. The average Bonchev–Trinajstić information content (AvgIpc) is 2.47. The molecule has 13 heteroatoms. The summed E-state index contributed by atoms with van der Waals surface area (Å²) >= 11 is 2.80. The monoisotopic (exact) mass is 486 g/mol. The van der Waals surface area contributed by atoms with Crippen molar-refractivity contribution in [3.05, 3.63) is 28.2 Å². The Morgan fingerprint density at radius 1 is 1.15 bits per heavy atom. The van der Waals surface area contributed by atoms with Crippen LogP contribution in [0.25, 0.3) is 0 Å². The van der Waals surface area contributed by atoms with E-state index in [2.05, 4.69) is 20.9 Å². The van der Waals surface area contributed by atoms with Crippen molar-refractivity contribution in [1.82, 2.24) is 4.98 Å². The predicted molar refractivity (Wildman–Crippen MR) is 88.4 cm³/mol. The minimum absolute atomic E-state index is 0.193. The zero-order valence-electron chi connectivity index (χ0n) is 14.2. The van der Waals surface area contributed by atoms with Gasteiger partial charge in [-0.15, -0.1) is 0 Å². The molecule has 0 amide bonds. The summed E-state index contributed by atoms with van der Waals surface area (Å²) in [5.74, 6) is -12.4. The molecule has 156 valence electrons. The SMILES string of the molecule is CC(C)(C[C@](C)(c1nc(Br)ccc1F)C(F)(F)C(O)(O)C(F)(F)F)S(N)=O. The van der Waals surface area contributed by atoms with Gasteiger partial charge in [-0.25, -0.2) is 13.6 Å². The van der Waals surface area contributed by atoms with Crippen molar-refractivity contribution < 1.29 is 40.8 Å². The molecule has 1 heterocycles. The van der Waals surface area contributed by atoms with Crippen molar-refractivity contribution in [2.45, 2.75) is 55.2 Å². The van der Waals surface area contributed by atoms with Crippen LogP contribution in [-0.4, -0.2) is 42.0 Å². The summed E-state index contributed by atoms with van der Waals surface area (Å²) in [5, 5.41) is 23.8. The van der Waals surface area contributed by atoms with Crippen LogP contribution in [0.4, 0.5) is 26.3 Å². The number of halogens is 7. The minimum atomic E-state index is -6.19. The third-order valence-electron chi connectivity index (χ3n) is 4.18. The molecule has 0 aliphatic heterocycles. The molecule has 0 aliphatic rings. The highest BCUT2D eigenvalue weighted by molar-refractivity contribution is 9.10. The van der Waals surface area contributed by atoms with Gasteiger partial charge in [-0.05, 0) is 55.3 Å². The van der Waals surface area contributed by atoms with Crippen LogP contribution < -0.4 is 5.14 Å². The first kappa shape index (κ1) is 24.3. The molecule has 1 rings (SSSR count). The Hall–Kier alpha value is -0.760. The van der Waals surface area contributed by atoms with Gasteiger partial charge in [-0.1, -0.05) is 0 Å². The van der Waals surface area contributed by atoms with Gasteiger partial charge in [0.25, 0.3) is 0 Å². The molecule has 0 bridgehead atoms. The molecule has 0 aliphatic carbocycles. The van der Waals surface area contributed by atoms with Gasteiger partial charge in [-0.3, -0.25) is 5.14 Å². The Labute approximate surface area is 161 Å². The first-order valence-corrected chi connectivity index (χ1v) is 9.20. The molecule has 0 saturated heterocycles. The number of pyridine rings is 1. The lowest BCUT2D eigenvalue weighted by Crippen LogP contribution is -2.67. The van der Waals surface area contributed by atoms with E-state index in [-0.39, 0.29) is 4.60 Å². The second-order valence-corrected chi connectivity index (χ2v) is 9.29. The summed E-state index contributed by atoms with van der Waals surface area (Å²) in [7, 11) is -2.33. The predicted octanol–water partition coefficient (Wildman–Crippen LogP) is 2.91. The average molecular weight is 487 g/mol. The van der Waals surface area contributed by atoms with E-state index < -0.39 is 57.0 Å². The van der Waals surface area contributed by atoms with E-state index in [1.54, 1.807) is 0 Å². The summed E-state index contributed by atoms with van der Waals surface area (Å²) in [5.41, 5.74) is -4.45. The molecule has 1 aromatic rings. The number of nitrogens with two attached hydrogens (primary N) is 1. The number of alkyl halides is 5. The first-order valence-electron chi connectivity index (χ1n) is 7.19. The van der Waals surface area contributed by atoms with Gasteiger partial charge in [-0.2, -0.15) is 22.0 Å². The first-order chi connectivity index (χ1) is 11.8. The number of rotatable bonds is 6. The van der Waals surface area contributed by atoms with Gasteiger partial charge in [0, 0.05) is 0 Å². The maximum absolute atomic E-state index is 15.0. The Kier molecular flexibility index (Phi) is 6.52. The molecule has 27 heavy (non-hydrogen) atoms. The highest BCUT2D eigenvalue weighted by Crippen LogP contribution is 2.54. The van der Waals surface area contributed by atoms with Gasteiger partial charge >= 0.3 is 17.9 Å². The molecule has 0 saturated carbocycles. The molecule has 0 fully saturated rings. The molecule has 1 unspecified atom stereocenters. The van der Waals surface area contributed by atoms with E-state index in [4.69, 9.17) is 5.14 Å². The third kappa shape index (κ3) is 4.16. The van der Waals surface area contributed by atoms with Crippen LogP contribution in [0, 0.1) is 5.82 Å². The van der Waals surface area contributed by atoms with Gasteiger partial charge < -0.3 is 10.2 Å². The topological polar surface area (TPSA) is 96.4 Å². The molecule has 0 spiro atoms. The van der Waals surface area contributed by atoms with Crippen molar-refractivity contribution in [1.29, 1.82) is 0 Å². The van der Waals surface area contributed by atoms with Gasteiger partial charge in [0.2, 0.25) is 0 Å². The fraction of sp³-hybridized carbons (Fsp3) is 0.643. The molecular weight excluding hydrogens is 470 g/mol. The highest BCUT2D eigenvalue weighted by atomic mass is 79.9. The van der Waals surface area contributed by atoms with Gasteiger partial charge in [0.1, 0.15) is 10.4 Å². The largest absolute Gasteiger partial charge is 0.449 e. The Morgan fingerprint density at radius 2 is 1.63 bits per heavy atom. The summed E-state index contributed by atoms with van der Waals surface area (Å²) in [6.45, 7) is 2.65. The van der Waals surface area contributed by atoms with E-state index in [0.29, 0.717) is 13.0 Å². The summed E-state index contributed by atoms with van der Waals surface area (Å²) in [4.78, 5) is 3.48. The maximum atomic E-state index is 15.0. The highest BCUT2D eigenvalue weighted by Gasteiger charge is 2.76. The quantitative estimate of drug-likeness (QED) is 0.327. The third-order valence-corrected chi connectivity index (χ3v) is 5.86. The van der Waals surface area contributed by atoms with Crippen LogP contribution in [0.2, 0.25) is 0 Å². The second kappa shape index (κ2) is 7.25. The lowest BCUT2D eigenvalue weighted by atomic mass is 9.70. The Bertz CT molecular complexity index is 744. The van der Waals surface area contributed by atoms with Crippen LogP contribution in [-0.2, 0) is 16.4 Å². The van der Waals surface area contributed by atoms with E-state index in [1.165, 1.54) is 0 Å². The Morgan fingerprint density at radius 3 is 2.04 bits per heavy atom. The second-order valence-electron chi connectivity index (χ2n) is 6.77. The number of aromatic nitrogens is 1. The van der Waals surface area contributed by atoms with E-state index in [1.807, 2.05) is 0 Å². The van der Waals surface area contributed by atoms with Crippen LogP contribution in [0.5, 0.6) is 0 Å². The standard InChI is InChI=1S/C14H17BrF6N2O3S/c1-10(2,27(22)26)6-11(3,9-7(16)4-5-8(15)23-9)12(17,18)13(24,25)14(19,20)21/h4-5,24-25H,6,22H2,1-3H3/t11-,27?/m1/s1. The van der Waals surface area contributed by atoms with E-state index in [9.17, 15) is 40.8 Å². The summed E-state index contributed by atoms with van der Waals surface area (Å²) in [6, 6.07) is 1.68. The van der Waals surface area contributed by atoms with Gasteiger partial charge in [0.15, 0.2) is 0 Å². The molecule has 0 radical (unpaired) electrons. The molecule has 2 atom stereocenters. The molecule has 5 nitrogen and oxygen atoms in total. The maximum Gasteiger partial charge on any atom is 0.449 e. The van der Waals surface area contributed by atoms with Crippen LogP contribution >= 0.6 is 15.9 Å². The zero-order chi connectivity index (χ0) is 21.6. The molecule has 1 aromatic heterocycles. The summed E-state index contributed by atoms with van der Waals surface area (Å²) in [6.07, 6.45) is -7.32. The van der Waals surface area contributed by atoms with Crippen molar-refractivity contribution in [2.24, 2.45) is 5.14 Å². The van der Waals surface area contributed by atoms with Crippen LogP contribution in [0.15, 0.2) is 16.7 Å². The number of hydrogen-bond acceptors (Lipinski definition) is 4. The van der Waals surface area contributed by atoms with Crippen LogP contribution in [0.3, 0.4) is 0 Å². The number of nitrogens with zero attached hydrogens (tertiary/aromatic N) is 1. The summed E-state index contributed by atoms with van der Waals surface area (Å²) < 4.78 is 92.8. The Balaban J connectivity index is 3.85. The molecular formula is C14H17BrF6N2O3S. The molecule has 4 N–H and O–H groups in total. The van der Waals surface area contributed by atoms with E-state index >= 15 is 0 Å². The van der Waals surface area contributed by atoms with Crippen molar-refractivity contribution in [2.75, 3.05) is 0 Å². The molecule has 0 aromatic carbocycles. The fourth-order valence-electron chi connectivity index (χ4n) is 2.63. The van der Waals surface area contributed by atoms with Gasteiger partial charge in [0.05, 0.1) is 26.8 Å². The van der Waals surface area contributed by atoms with Crippen molar-refractivity contribution in [3.63, 3.8) is 0 Å². The van der Waals surface area contributed by atoms with E-state index in [0.717, 1.165) is 19.9 Å². The van der Waals surface area contributed by atoms with Crippen molar-refractivity contribution >= 4 is 26.9 Å².